The highest BCUT2D eigenvalue weighted by molar-refractivity contribution is 6.01. The molecule has 0 atom stereocenters. The Labute approximate surface area is 151 Å². The summed E-state index contributed by atoms with van der Waals surface area (Å²) in [6, 6.07) is 6.86. The van der Waals surface area contributed by atoms with Crippen LogP contribution in [0.15, 0.2) is 24.3 Å². The molecule has 138 valence electrons. The number of esters is 1. The van der Waals surface area contributed by atoms with Crippen LogP contribution in [-0.4, -0.2) is 35.9 Å². The number of Topliss-reactive ketones (excluding diaryl/α,β-unsaturated/α-hetero) is 1. The van der Waals surface area contributed by atoms with E-state index in [0.717, 1.165) is 0 Å². The lowest BCUT2D eigenvalue weighted by Gasteiger charge is -2.08. The first kappa shape index (κ1) is 19.2. The second-order valence-corrected chi connectivity index (χ2v) is 5.76. The Hall–Kier alpha value is -3.09. The molecule has 0 aliphatic carbocycles. The minimum Gasteiger partial charge on any atom is -0.494 e. The molecule has 0 saturated heterocycles. The fourth-order valence-corrected chi connectivity index (χ4v) is 2.68. The number of ether oxygens (including phenoxy) is 2. The largest absolute Gasteiger partial charge is 0.494 e. The molecule has 1 aromatic heterocycles. The molecule has 0 aliphatic heterocycles. The molecule has 0 spiro atoms. The lowest BCUT2D eigenvalue weighted by molar-refractivity contribution is -0.119. The molecule has 7 heteroatoms. The van der Waals surface area contributed by atoms with Gasteiger partial charge in [-0.05, 0) is 57.5 Å². The van der Waals surface area contributed by atoms with Crippen LogP contribution >= 0.6 is 0 Å². The lowest BCUT2D eigenvalue weighted by atomic mass is 10.1. The van der Waals surface area contributed by atoms with Crippen LogP contribution in [0.1, 0.15) is 46.0 Å². The van der Waals surface area contributed by atoms with E-state index in [2.05, 4.69) is 10.3 Å². The van der Waals surface area contributed by atoms with Gasteiger partial charge in [-0.3, -0.25) is 9.59 Å². The predicted molar refractivity (Wildman–Crippen MR) is 96.8 cm³/mol. The van der Waals surface area contributed by atoms with Crippen molar-refractivity contribution >= 4 is 23.3 Å². The summed E-state index contributed by atoms with van der Waals surface area (Å²) in [5.41, 5.74) is 2.34. The molecule has 0 unspecified atom stereocenters. The standard InChI is InChI=1S/C19H22N2O5/c1-5-25-15-8-6-14(7-9-15)21-16(23)10-26-19(24)18-11(2)17(13(4)22)12(3)20-18/h6-9,20H,5,10H2,1-4H3,(H,21,23). The number of nitrogens with one attached hydrogen (secondary N) is 2. The Kier molecular flexibility index (Phi) is 6.16. The molecule has 26 heavy (non-hydrogen) atoms. The van der Waals surface area contributed by atoms with Gasteiger partial charge in [0.05, 0.1) is 6.61 Å². The van der Waals surface area contributed by atoms with Gasteiger partial charge in [-0.2, -0.15) is 0 Å². The molecule has 1 amide bonds. The molecule has 1 aromatic carbocycles. The molecular formula is C19H22N2O5. The summed E-state index contributed by atoms with van der Waals surface area (Å²) in [6.45, 7) is 6.82. The van der Waals surface area contributed by atoms with Gasteiger partial charge in [0.1, 0.15) is 11.4 Å². The third-order valence-electron chi connectivity index (χ3n) is 3.78. The normalized spacial score (nSPS) is 10.3. The van der Waals surface area contributed by atoms with Crippen LogP contribution in [-0.2, 0) is 9.53 Å². The first-order valence-electron chi connectivity index (χ1n) is 8.23. The van der Waals surface area contributed by atoms with Gasteiger partial charge in [0.2, 0.25) is 0 Å². The maximum Gasteiger partial charge on any atom is 0.355 e. The van der Waals surface area contributed by atoms with Gasteiger partial charge in [-0.1, -0.05) is 0 Å². The van der Waals surface area contributed by atoms with E-state index in [1.54, 1.807) is 38.1 Å². The molecule has 7 nitrogen and oxygen atoms in total. The number of aromatic amines is 1. The number of H-pyrrole nitrogens is 1. The average molecular weight is 358 g/mol. The summed E-state index contributed by atoms with van der Waals surface area (Å²) in [4.78, 5) is 38.6. The van der Waals surface area contributed by atoms with Crippen LogP contribution in [0.2, 0.25) is 0 Å². The van der Waals surface area contributed by atoms with Crippen molar-refractivity contribution in [2.45, 2.75) is 27.7 Å². The fourth-order valence-electron chi connectivity index (χ4n) is 2.68. The number of carbonyl (C=O) groups is 3. The van der Waals surface area contributed by atoms with Gasteiger partial charge in [0, 0.05) is 16.9 Å². The highest BCUT2D eigenvalue weighted by Gasteiger charge is 2.21. The third-order valence-corrected chi connectivity index (χ3v) is 3.78. The molecule has 2 N–H and O–H groups in total. The highest BCUT2D eigenvalue weighted by atomic mass is 16.5. The smallest absolute Gasteiger partial charge is 0.355 e. The lowest BCUT2D eigenvalue weighted by Crippen LogP contribution is -2.21. The molecule has 0 aliphatic rings. The summed E-state index contributed by atoms with van der Waals surface area (Å²) in [6.07, 6.45) is 0. The predicted octanol–water partition coefficient (Wildman–Crippen LogP) is 3.03. The van der Waals surface area contributed by atoms with Crippen molar-refractivity contribution in [2.24, 2.45) is 0 Å². The third kappa shape index (κ3) is 4.50. The van der Waals surface area contributed by atoms with Crippen molar-refractivity contribution in [3.63, 3.8) is 0 Å². The Morgan fingerprint density at radius 2 is 1.77 bits per heavy atom. The van der Waals surface area contributed by atoms with Crippen LogP contribution < -0.4 is 10.1 Å². The van der Waals surface area contributed by atoms with Gasteiger partial charge in [0.25, 0.3) is 5.91 Å². The fraction of sp³-hybridized carbons (Fsp3) is 0.316. The number of ketones is 1. The topological polar surface area (TPSA) is 97.5 Å². The quantitative estimate of drug-likeness (QED) is 0.586. The SMILES string of the molecule is CCOc1ccc(NC(=O)COC(=O)c2[nH]c(C)c(C(C)=O)c2C)cc1. The summed E-state index contributed by atoms with van der Waals surface area (Å²) >= 11 is 0. The van der Waals surface area contributed by atoms with Gasteiger partial charge >= 0.3 is 5.97 Å². The molecule has 0 radical (unpaired) electrons. The van der Waals surface area contributed by atoms with E-state index >= 15 is 0 Å². The van der Waals surface area contributed by atoms with E-state index in [1.165, 1.54) is 6.92 Å². The Balaban J connectivity index is 1.94. The van der Waals surface area contributed by atoms with E-state index in [0.29, 0.717) is 34.9 Å². The monoisotopic (exact) mass is 358 g/mol. The second-order valence-electron chi connectivity index (χ2n) is 5.76. The van der Waals surface area contributed by atoms with Gasteiger partial charge < -0.3 is 19.8 Å². The number of aromatic nitrogens is 1. The van der Waals surface area contributed by atoms with E-state index < -0.39 is 18.5 Å². The number of hydrogen-bond acceptors (Lipinski definition) is 5. The maximum absolute atomic E-state index is 12.2. The molecule has 2 aromatic rings. The zero-order chi connectivity index (χ0) is 19.3. The number of benzene rings is 1. The van der Waals surface area contributed by atoms with Crippen LogP contribution in [0.25, 0.3) is 0 Å². The molecule has 0 fully saturated rings. The molecular weight excluding hydrogens is 336 g/mol. The van der Waals surface area contributed by atoms with Crippen molar-refractivity contribution in [1.82, 2.24) is 4.98 Å². The van der Waals surface area contributed by atoms with E-state index in [9.17, 15) is 14.4 Å². The van der Waals surface area contributed by atoms with Crippen molar-refractivity contribution in [2.75, 3.05) is 18.5 Å². The number of rotatable bonds is 7. The van der Waals surface area contributed by atoms with Crippen LogP contribution in [0.3, 0.4) is 0 Å². The minimum atomic E-state index is -0.681. The van der Waals surface area contributed by atoms with Crippen LogP contribution in [0, 0.1) is 13.8 Å². The highest BCUT2D eigenvalue weighted by Crippen LogP contribution is 2.19. The van der Waals surface area contributed by atoms with Crippen molar-refractivity contribution in [3.05, 3.63) is 46.8 Å². The maximum atomic E-state index is 12.2. The second kappa shape index (κ2) is 8.33. The number of aryl methyl sites for hydroxylation is 1. The van der Waals surface area contributed by atoms with Gasteiger partial charge in [-0.25, -0.2) is 4.79 Å². The number of anilines is 1. The summed E-state index contributed by atoms with van der Waals surface area (Å²) in [5, 5.41) is 2.63. The number of hydrogen-bond donors (Lipinski definition) is 2. The Bertz CT molecular complexity index is 821. The van der Waals surface area contributed by atoms with Crippen molar-refractivity contribution in [3.8, 4) is 5.75 Å². The van der Waals surface area contributed by atoms with E-state index in [-0.39, 0.29) is 11.5 Å². The zero-order valence-electron chi connectivity index (χ0n) is 15.3. The first-order valence-corrected chi connectivity index (χ1v) is 8.23. The summed E-state index contributed by atoms with van der Waals surface area (Å²) in [7, 11) is 0. The zero-order valence-corrected chi connectivity index (χ0v) is 15.3. The summed E-state index contributed by atoms with van der Waals surface area (Å²) < 4.78 is 10.4. The molecule has 2 rings (SSSR count). The van der Waals surface area contributed by atoms with Crippen molar-refractivity contribution < 1.29 is 23.9 Å². The minimum absolute atomic E-state index is 0.136. The average Bonchev–Trinajstić information content (AvgIpc) is 2.89. The summed E-state index contributed by atoms with van der Waals surface area (Å²) in [5.74, 6) is -0.575. The van der Waals surface area contributed by atoms with Crippen LogP contribution in [0.4, 0.5) is 5.69 Å². The van der Waals surface area contributed by atoms with E-state index in [1.807, 2.05) is 6.92 Å². The number of amides is 1. The van der Waals surface area contributed by atoms with Crippen LogP contribution in [0.5, 0.6) is 5.75 Å². The van der Waals surface area contributed by atoms with E-state index in [4.69, 9.17) is 9.47 Å². The van der Waals surface area contributed by atoms with Crippen molar-refractivity contribution in [1.29, 1.82) is 0 Å². The van der Waals surface area contributed by atoms with Gasteiger partial charge in [0.15, 0.2) is 12.4 Å². The Morgan fingerprint density at radius 1 is 1.12 bits per heavy atom. The molecule has 1 heterocycles. The molecule has 0 bridgehead atoms. The number of carbonyl (C=O) groups excluding carboxylic acids is 3. The van der Waals surface area contributed by atoms with Gasteiger partial charge in [-0.15, -0.1) is 0 Å². The Morgan fingerprint density at radius 3 is 2.31 bits per heavy atom. The first-order chi connectivity index (χ1) is 12.3. The molecule has 0 saturated carbocycles.